The van der Waals surface area contributed by atoms with Gasteiger partial charge in [0.1, 0.15) is 0 Å². The fraction of sp³-hybridized carbons (Fsp3) is 0.286. The fourth-order valence-electron chi connectivity index (χ4n) is 3.51. The van der Waals surface area contributed by atoms with E-state index in [1.807, 2.05) is 30.3 Å². The Hall–Kier alpha value is -3.20. The molecule has 3 nitrogen and oxygen atoms in total. The molecule has 0 unspecified atom stereocenters. The fourth-order valence-corrected chi connectivity index (χ4v) is 3.51. The predicted octanol–water partition coefficient (Wildman–Crippen LogP) is 7.67. The predicted molar refractivity (Wildman–Crippen MR) is 128 cm³/mol. The number of aromatic nitrogens is 2. The monoisotopic (exact) mass is 410 g/mol. The minimum atomic E-state index is 0.0339. The van der Waals surface area contributed by atoms with Crippen molar-refractivity contribution in [3.63, 3.8) is 0 Å². The summed E-state index contributed by atoms with van der Waals surface area (Å²) in [7, 11) is 0. The van der Waals surface area contributed by atoms with Gasteiger partial charge in [-0.1, -0.05) is 90.1 Å². The lowest BCUT2D eigenvalue weighted by Gasteiger charge is -2.25. The Balaban J connectivity index is 1.69. The van der Waals surface area contributed by atoms with E-state index in [1.54, 1.807) is 0 Å². The van der Waals surface area contributed by atoms with E-state index in [2.05, 4.69) is 94.2 Å². The first kappa shape index (κ1) is 21.0. The van der Waals surface area contributed by atoms with Crippen LogP contribution in [0.3, 0.4) is 0 Å². The van der Waals surface area contributed by atoms with E-state index < -0.39 is 0 Å². The molecule has 158 valence electrons. The third-order valence-corrected chi connectivity index (χ3v) is 5.58. The van der Waals surface area contributed by atoms with Crippen LogP contribution in [0.4, 0.5) is 0 Å². The van der Waals surface area contributed by atoms with Gasteiger partial charge in [-0.15, -0.1) is 10.2 Å². The maximum Gasteiger partial charge on any atom is 0.248 e. The lowest BCUT2D eigenvalue weighted by molar-refractivity contribution is 0.564. The molecule has 0 aliphatic rings. The molecule has 0 fully saturated rings. The topological polar surface area (TPSA) is 38.9 Å². The van der Waals surface area contributed by atoms with Gasteiger partial charge in [0.05, 0.1) is 0 Å². The molecule has 1 aromatic heterocycles. The second kappa shape index (κ2) is 7.81. The van der Waals surface area contributed by atoms with E-state index in [0.717, 1.165) is 16.7 Å². The Bertz CT molecular complexity index is 1140. The molecule has 1 heterocycles. The average Bonchev–Trinajstić information content (AvgIpc) is 3.23. The highest BCUT2D eigenvalue weighted by molar-refractivity contribution is 5.67. The average molecular weight is 411 g/mol. The second-order valence-electron chi connectivity index (χ2n) is 10.2. The number of benzene rings is 3. The Morgan fingerprint density at radius 1 is 0.516 bits per heavy atom. The summed E-state index contributed by atoms with van der Waals surface area (Å²) in [5.41, 5.74) is 6.84. The Labute approximate surface area is 185 Å². The molecule has 0 aliphatic carbocycles. The van der Waals surface area contributed by atoms with Crippen LogP contribution in [-0.4, -0.2) is 10.2 Å². The van der Waals surface area contributed by atoms with Crippen LogP contribution in [0.25, 0.3) is 34.0 Å². The molecular formula is C28H30N2O. The zero-order valence-corrected chi connectivity index (χ0v) is 19.2. The van der Waals surface area contributed by atoms with Crippen LogP contribution in [0.15, 0.2) is 77.2 Å². The molecule has 0 atom stereocenters. The normalized spacial score (nSPS) is 12.2. The van der Waals surface area contributed by atoms with Crippen LogP contribution in [0, 0.1) is 0 Å². The summed E-state index contributed by atoms with van der Waals surface area (Å²) < 4.78 is 6.11. The summed E-state index contributed by atoms with van der Waals surface area (Å²) in [6, 6.07) is 25.2. The zero-order valence-electron chi connectivity index (χ0n) is 19.2. The van der Waals surface area contributed by atoms with E-state index in [4.69, 9.17) is 4.42 Å². The first-order valence-electron chi connectivity index (χ1n) is 10.8. The SMILES string of the molecule is CC(C)(C)c1cc(-c2nnc(-c3ccc(-c4ccccc4)cc3)o2)cc(C(C)(C)C)c1. The molecule has 4 rings (SSSR count). The summed E-state index contributed by atoms with van der Waals surface area (Å²) >= 11 is 0. The number of hydrogen-bond donors (Lipinski definition) is 0. The Morgan fingerprint density at radius 3 is 1.48 bits per heavy atom. The van der Waals surface area contributed by atoms with E-state index in [1.165, 1.54) is 16.7 Å². The summed E-state index contributed by atoms with van der Waals surface area (Å²) in [6.07, 6.45) is 0. The van der Waals surface area contributed by atoms with Crippen molar-refractivity contribution in [1.29, 1.82) is 0 Å². The minimum absolute atomic E-state index is 0.0339. The van der Waals surface area contributed by atoms with Crippen LogP contribution in [0.5, 0.6) is 0 Å². The summed E-state index contributed by atoms with van der Waals surface area (Å²) in [5.74, 6) is 1.09. The third kappa shape index (κ3) is 4.61. The molecular weight excluding hydrogens is 380 g/mol. The van der Waals surface area contributed by atoms with Crippen molar-refractivity contribution in [2.75, 3.05) is 0 Å². The van der Waals surface area contributed by atoms with Gasteiger partial charge in [-0.05, 0) is 57.3 Å². The highest BCUT2D eigenvalue weighted by Gasteiger charge is 2.22. The van der Waals surface area contributed by atoms with Gasteiger partial charge in [0.2, 0.25) is 11.8 Å². The van der Waals surface area contributed by atoms with Gasteiger partial charge in [0.25, 0.3) is 0 Å². The van der Waals surface area contributed by atoms with Gasteiger partial charge in [0.15, 0.2) is 0 Å². The molecule has 0 saturated carbocycles. The maximum atomic E-state index is 6.11. The number of rotatable bonds is 3. The molecule has 31 heavy (non-hydrogen) atoms. The van der Waals surface area contributed by atoms with Crippen LogP contribution < -0.4 is 0 Å². The molecule has 0 spiro atoms. The van der Waals surface area contributed by atoms with Crippen molar-refractivity contribution < 1.29 is 4.42 Å². The van der Waals surface area contributed by atoms with Crippen molar-refractivity contribution in [3.05, 3.63) is 83.9 Å². The van der Waals surface area contributed by atoms with Gasteiger partial charge in [-0.25, -0.2) is 0 Å². The van der Waals surface area contributed by atoms with Crippen molar-refractivity contribution in [3.8, 4) is 34.0 Å². The largest absolute Gasteiger partial charge is 0.416 e. The molecule has 4 aromatic rings. The van der Waals surface area contributed by atoms with Gasteiger partial charge >= 0.3 is 0 Å². The Kier molecular flexibility index (Phi) is 5.30. The second-order valence-corrected chi connectivity index (χ2v) is 10.2. The molecule has 0 amide bonds. The highest BCUT2D eigenvalue weighted by Crippen LogP contribution is 2.34. The van der Waals surface area contributed by atoms with Gasteiger partial charge < -0.3 is 4.42 Å². The summed E-state index contributed by atoms with van der Waals surface area (Å²) in [6.45, 7) is 13.4. The molecule has 0 radical (unpaired) electrons. The van der Waals surface area contributed by atoms with Crippen molar-refractivity contribution in [2.45, 2.75) is 52.4 Å². The van der Waals surface area contributed by atoms with Crippen LogP contribution in [0.1, 0.15) is 52.7 Å². The molecule has 0 aliphatic heterocycles. The van der Waals surface area contributed by atoms with E-state index in [0.29, 0.717) is 11.8 Å². The highest BCUT2D eigenvalue weighted by atomic mass is 16.4. The molecule has 0 saturated heterocycles. The lowest BCUT2D eigenvalue weighted by atomic mass is 9.79. The molecule has 0 bridgehead atoms. The smallest absolute Gasteiger partial charge is 0.248 e. The number of hydrogen-bond acceptors (Lipinski definition) is 3. The first-order chi connectivity index (χ1) is 14.6. The lowest BCUT2D eigenvalue weighted by Crippen LogP contribution is -2.16. The quantitative estimate of drug-likeness (QED) is 0.348. The first-order valence-corrected chi connectivity index (χ1v) is 10.8. The maximum absolute atomic E-state index is 6.11. The third-order valence-electron chi connectivity index (χ3n) is 5.58. The zero-order chi connectivity index (χ0) is 22.2. The van der Waals surface area contributed by atoms with E-state index in [9.17, 15) is 0 Å². The van der Waals surface area contributed by atoms with Crippen molar-refractivity contribution in [1.82, 2.24) is 10.2 Å². The van der Waals surface area contributed by atoms with E-state index in [-0.39, 0.29) is 10.8 Å². The minimum Gasteiger partial charge on any atom is -0.416 e. The van der Waals surface area contributed by atoms with Crippen molar-refractivity contribution in [2.24, 2.45) is 0 Å². The van der Waals surface area contributed by atoms with Crippen LogP contribution in [0.2, 0.25) is 0 Å². The van der Waals surface area contributed by atoms with Gasteiger partial charge in [0, 0.05) is 11.1 Å². The molecule has 3 aromatic carbocycles. The van der Waals surface area contributed by atoms with Crippen LogP contribution in [-0.2, 0) is 10.8 Å². The summed E-state index contributed by atoms with van der Waals surface area (Å²) in [5, 5.41) is 8.71. The van der Waals surface area contributed by atoms with Gasteiger partial charge in [-0.2, -0.15) is 0 Å². The molecule has 0 N–H and O–H groups in total. The standard InChI is InChI=1S/C28H30N2O/c1-27(2,3)23-16-22(17-24(18-23)28(4,5)6)26-30-29-25(31-26)21-14-12-20(13-15-21)19-10-8-7-9-11-19/h7-18H,1-6H3. The number of nitrogens with zero attached hydrogens (tertiary/aromatic N) is 2. The van der Waals surface area contributed by atoms with Gasteiger partial charge in [-0.3, -0.25) is 0 Å². The van der Waals surface area contributed by atoms with E-state index >= 15 is 0 Å². The molecule has 3 heteroatoms. The summed E-state index contributed by atoms with van der Waals surface area (Å²) in [4.78, 5) is 0. The van der Waals surface area contributed by atoms with Crippen LogP contribution >= 0.6 is 0 Å². The van der Waals surface area contributed by atoms with Crippen molar-refractivity contribution >= 4 is 0 Å². The Morgan fingerprint density at radius 2 is 0.968 bits per heavy atom.